The molecule has 0 saturated heterocycles. The van der Waals surface area contributed by atoms with Gasteiger partial charge >= 0.3 is 0 Å². The van der Waals surface area contributed by atoms with Crippen LogP contribution in [0.15, 0.2) is 0 Å². The number of nitrogens with zero attached hydrogens (tertiary/aromatic N) is 4. The predicted octanol–water partition coefficient (Wildman–Crippen LogP) is 0.490. The molecule has 0 spiro atoms. The van der Waals surface area contributed by atoms with Crippen LogP contribution in [0.1, 0.15) is 19.2 Å². The van der Waals surface area contributed by atoms with E-state index >= 15 is 0 Å². The lowest BCUT2D eigenvalue weighted by Crippen LogP contribution is -2.16. The van der Waals surface area contributed by atoms with Gasteiger partial charge in [0.05, 0.1) is 5.75 Å². The molecule has 1 aromatic rings. The SMILES string of the molecule is CC(CCN)SCc1nc(N)nc(N(C)C)n1. The van der Waals surface area contributed by atoms with E-state index in [4.69, 9.17) is 11.5 Å². The number of rotatable bonds is 6. The molecule has 17 heavy (non-hydrogen) atoms. The maximum atomic E-state index is 5.64. The molecule has 0 bridgehead atoms. The first kappa shape index (κ1) is 14.0. The summed E-state index contributed by atoms with van der Waals surface area (Å²) in [4.78, 5) is 14.3. The van der Waals surface area contributed by atoms with Gasteiger partial charge in [0.15, 0.2) is 0 Å². The zero-order valence-corrected chi connectivity index (χ0v) is 11.4. The first-order valence-corrected chi connectivity index (χ1v) is 6.57. The molecule has 0 amide bonds. The molecule has 0 aliphatic heterocycles. The standard InChI is InChI=1S/C10H20N6S/c1-7(4-5-11)17-6-8-13-9(12)15-10(14-8)16(2)3/h7H,4-6,11H2,1-3H3,(H2,12,13,14,15). The van der Waals surface area contributed by atoms with Gasteiger partial charge in [0.1, 0.15) is 5.82 Å². The molecule has 1 atom stereocenters. The summed E-state index contributed by atoms with van der Waals surface area (Å²) in [6, 6.07) is 0. The van der Waals surface area contributed by atoms with Gasteiger partial charge in [0.2, 0.25) is 11.9 Å². The summed E-state index contributed by atoms with van der Waals surface area (Å²) in [5.41, 5.74) is 11.1. The molecule has 1 rings (SSSR count). The molecule has 0 fully saturated rings. The summed E-state index contributed by atoms with van der Waals surface area (Å²) in [5.74, 6) is 2.31. The molecule has 0 aliphatic carbocycles. The van der Waals surface area contributed by atoms with Crippen molar-refractivity contribution in [2.24, 2.45) is 5.73 Å². The number of hydrogen-bond donors (Lipinski definition) is 2. The van der Waals surface area contributed by atoms with Gasteiger partial charge in [-0.3, -0.25) is 0 Å². The van der Waals surface area contributed by atoms with E-state index in [1.807, 2.05) is 19.0 Å². The second-order valence-electron chi connectivity index (χ2n) is 4.00. The molecule has 0 radical (unpaired) electrons. The topological polar surface area (TPSA) is 93.9 Å². The first-order valence-electron chi connectivity index (χ1n) is 5.52. The van der Waals surface area contributed by atoms with Gasteiger partial charge < -0.3 is 16.4 Å². The Morgan fingerprint density at radius 3 is 2.59 bits per heavy atom. The zero-order chi connectivity index (χ0) is 12.8. The maximum absolute atomic E-state index is 5.64. The normalized spacial score (nSPS) is 12.5. The van der Waals surface area contributed by atoms with Crippen molar-refractivity contribution in [3.05, 3.63) is 5.82 Å². The van der Waals surface area contributed by atoms with Crippen LogP contribution in [0.25, 0.3) is 0 Å². The summed E-state index contributed by atoms with van der Waals surface area (Å²) in [6.45, 7) is 2.85. The smallest absolute Gasteiger partial charge is 0.229 e. The van der Waals surface area contributed by atoms with Gasteiger partial charge in [-0.1, -0.05) is 6.92 Å². The lowest BCUT2D eigenvalue weighted by Gasteiger charge is -2.12. The molecule has 96 valence electrons. The molecule has 0 aliphatic rings. The minimum Gasteiger partial charge on any atom is -0.368 e. The highest BCUT2D eigenvalue weighted by Gasteiger charge is 2.08. The van der Waals surface area contributed by atoms with Crippen molar-refractivity contribution in [3.63, 3.8) is 0 Å². The van der Waals surface area contributed by atoms with Gasteiger partial charge in [-0.25, -0.2) is 0 Å². The fraction of sp³-hybridized carbons (Fsp3) is 0.700. The second-order valence-corrected chi connectivity index (χ2v) is 5.43. The summed E-state index contributed by atoms with van der Waals surface area (Å²) in [5, 5.41) is 0.501. The maximum Gasteiger partial charge on any atom is 0.229 e. The second kappa shape index (κ2) is 6.61. The Kier molecular flexibility index (Phi) is 5.43. The summed E-state index contributed by atoms with van der Waals surface area (Å²) >= 11 is 1.78. The lowest BCUT2D eigenvalue weighted by molar-refractivity contribution is 0.820. The molecule has 4 N–H and O–H groups in total. The van der Waals surface area contributed by atoms with Crippen molar-refractivity contribution in [2.45, 2.75) is 24.3 Å². The third kappa shape index (κ3) is 4.74. The van der Waals surface area contributed by atoms with E-state index in [1.54, 1.807) is 11.8 Å². The molecule has 1 aromatic heterocycles. The highest BCUT2D eigenvalue weighted by Crippen LogP contribution is 2.18. The highest BCUT2D eigenvalue weighted by atomic mass is 32.2. The fourth-order valence-electron chi connectivity index (χ4n) is 1.22. The number of nitrogens with two attached hydrogens (primary N) is 2. The highest BCUT2D eigenvalue weighted by molar-refractivity contribution is 7.99. The number of aromatic nitrogens is 3. The number of hydrogen-bond acceptors (Lipinski definition) is 7. The Morgan fingerprint density at radius 1 is 1.29 bits per heavy atom. The van der Waals surface area contributed by atoms with Gasteiger partial charge in [0.25, 0.3) is 0 Å². The average Bonchev–Trinajstić information content (AvgIpc) is 2.26. The number of anilines is 2. The van der Waals surface area contributed by atoms with Crippen molar-refractivity contribution in [2.75, 3.05) is 31.3 Å². The summed E-state index contributed by atoms with van der Waals surface area (Å²) in [7, 11) is 3.76. The average molecular weight is 256 g/mol. The van der Waals surface area contributed by atoms with Crippen LogP contribution in [0.3, 0.4) is 0 Å². The van der Waals surface area contributed by atoms with Crippen molar-refractivity contribution in [1.82, 2.24) is 15.0 Å². The Morgan fingerprint density at radius 2 is 2.00 bits per heavy atom. The van der Waals surface area contributed by atoms with Crippen LogP contribution >= 0.6 is 11.8 Å². The minimum atomic E-state index is 0.269. The van der Waals surface area contributed by atoms with Crippen LogP contribution in [-0.2, 0) is 5.75 Å². The molecule has 1 heterocycles. The van der Waals surface area contributed by atoms with Crippen molar-refractivity contribution in [3.8, 4) is 0 Å². The number of thioether (sulfide) groups is 1. The van der Waals surface area contributed by atoms with Crippen molar-refractivity contribution >= 4 is 23.7 Å². The zero-order valence-electron chi connectivity index (χ0n) is 10.6. The third-order valence-corrected chi connectivity index (χ3v) is 3.39. The summed E-state index contributed by atoms with van der Waals surface area (Å²) < 4.78 is 0. The minimum absolute atomic E-state index is 0.269. The van der Waals surface area contributed by atoms with Gasteiger partial charge in [0, 0.05) is 19.3 Å². The van der Waals surface area contributed by atoms with E-state index in [2.05, 4.69) is 21.9 Å². The molecular formula is C10H20N6S. The molecular weight excluding hydrogens is 236 g/mol. The molecule has 0 aromatic carbocycles. The molecule has 6 nitrogen and oxygen atoms in total. The van der Waals surface area contributed by atoms with Crippen molar-refractivity contribution < 1.29 is 0 Å². The Bertz CT molecular complexity index is 357. The Balaban J connectivity index is 2.64. The van der Waals surface area contributed by atoms with Crippen LogP contribution in [0.2, 0.25) is 0 Å². The molecule has 7 heteroatoms. The quantitative estimate of drug-likeness (QED) is 0.765. The van der Waals surface area contributed by atoms with Crippen LogP contribution < -0.4 is 16.4 Å². The van der Waals surface area contributed by atoms with Crippen LogP contribution in [0.5, 0.6) is 0 Å². The van der Waals surface area contributed by atoms with E-state index in [9.17, 15) is 0 Å². The third-order valence-electron chi connectivity index (χ3n) is 2.16. The van der Waals surface area contributed by atoms with Crippen LogP contribution in [0, 0.1) is 0 Å². The Hall–Kier alpha value is -1.08. The largest absolute Gasteiger partial charge is 0.368 e. The number of nitrogen functional groups attached to an aromatic ring is 1. The van der Waals surface area contributed by atoms with Gasteiger partial charge in [-0.2, -0.15) is 26.7 Å². The fourth-order valence-corrected chi connectivity index (χ4v) is 2.09. The predicted molar refractivity (Wildman–Crippen MR) is 73.0 cm³/mol. The van der Waals surface area contributed by atoms with Crippen LogP contribution in [-0.4, -0.2) is 40.8 Å². The van der Waals surface area contributed by atoms with E-state index in [1.165, 1.54) is 0 Å². The van der Waals surface area contributed by atoms with Crippen LogP contribution in [0.4, 0.5) is 11.9 Å². The molecule has 0 saturated carbocycles. The first-order chi connectivity index (χ1) is 8.02. The Labute approximate surface area is 106 Å². The van der Waals surface area contributed by atoms with E-state index in [-0.39, 0.29) is 5.95 Å². The summed E-state index contributed by atoms with van der Waals surface area (Å²) in [6.07, 6.45) is 0.992. The monoisotopic (exact) mass is 256 g/mol. The van der Waals surface area contributed by atoms with E-state index in [0.717, 1.165) is 18.0 Å². The lowest BCUT2D eigenvalue weighted by atomic mass is 10.3. The van der Waals surface area contributed by atoms with E-state index in [0.29, 0.717) is 17.7 Å². The van der Waals surface area contributed by atoms with Crippen molar-refractivity contribution in [1.29, 1.82) is 0 Å². The molecule has 1 unspecified atom stereocenters. The van der Waals surface area contributed by atoms with Gasteiger partial charge in [-0.05, 0) is 13.0 Å². The van der Waals surface area contributed by atoms with E-state index < -0.39 is 0 Å². The van der Waals surface area contributed by atoms with Gasteiger partial charge in [-0.15, -0.1) is 0 Å².